The third kappa shape index (κ3) is 4.37. The van der Waals surface area contributed by atoms with Gasteiger partial charge in [0.15, 0.2) is 0 Å². The van der Waals surface area contributed by atoms with Gasteiger partial charge in [-0.2, -0.15) is 0 Å². The van der Waals surface area contributed by atoms with E-state index in [9.17, 15) is 0 Å². The van der Waals surface area contributed by atoms with Crippen molar-refractivity contribution in [2.45, 2.75) is 0 Å². The van der Waals surface area contributed by atoms with Crippen LogP contribution in [0.4, 0.5) is 0 Å². The zero-order valence-corrected chi connectivity index (χ0v) is 20.0. The fraction of sp³-hybridized carbons (Fsp3) is 0. The molecule has 0 spiro atoms. The van der Waals surface area contributed by atoms with E-state index in [0.29, 0.717) is 0 Å². The molecule has 0 amide bonds. The van der Waals surface area contributed by atoms with Crippen molar-refractivity contribution in [2.75, 3.05) is 0 Å². The smallest absolute Gasteiger partial charge is 0.0105 e. The van der Waals surface area contributed by atoms with Crippen LogP contribution in [0.3, 0.4) is 0 Å². The number of hydrogen-bond donors (Lipinski definition) is 0. The van der Waals surface area contributed by atoms with Gasteiger partial charge in [-0.3, -0.25) is 0 Å². The molecule has 0 aliphatic rings. The van der Waals surface area contributed by atoms with Gasteiger partial charge in [0.1, 0.15) is 0 Å². The van der Waals surface area contributed by atoms with E-state index in [1.807, 2.05) is 0 Å². The van der Waals surface area contributed by atoms with Crippen molar-refractivity contribution >= 4 is 0 Å². The Balaban J connectivity index is 1.30. The third-order valence-electron chi connectivity index (χ3n) is 6.75. The molecule has 0 aromatic heterocycles. The molecule has 0 nitrogen and oxygen atoms in total. The maximum atomic E-state index is 2.23. The van der Waals surface area contributed by atoms with Gasteiger partial charge in [0, 0.05) is 0 Å². The lowest BCUT2D eigenvalue weighted by atomic mass is 9.92. The maximum absolute atomic E-state index is 2.23. The normalized spacial score (nSPS) is 10.8. The summed E-state index contributed by atoms with van der Waals surface area (Å²) in [6, 6.07) is 56.3. The van der Waals surface area contributed by atoms with Gasteiger partial charge in [-0.1, -0.05) is 158 Å². The molecule has 0 bridgehead atoms. The quantitative estimate of drug-likeness (QED) is 0.241. The predicted molar refractivity (Wildman–Crippen MR) is 154 cm³/mol. The minimum atomic E-state index is 1.22. The molecule has 0 unspecified atom stereocenters. The van der Waals surface area contributed by atoms with Crippen molar-refractivity contribution < 1.29 is 0 Å². The first-order chi connectivity index (χ1) is 17.9. The standard InChI is InChI=1S/C36H26/c1-3-11-29(12-4-1)33-15-7-9-17-35(33)31-23-19-27(20-24-31)28-21-25-32(26-22-28)36-18-10-8-16-34(36)30-13-5-2-6-14-30/h1-26H. The van der Waals surface area contributed by atoms with Gasteiger partial charge in [-0.05, 0) is 55.6 Å². The van der Waals surface area contributed by atoms with Crippen molar-refractivity contribution in [3.63, 3.8) is 0 Å². The first-order valence-corrected chi connectivity index (χ1v) is 12.4. The van der Waals surface area contributed by atoms with Crippen LogP contribution in [0, 0.1) is 0 Å². The lowest BCUT2D eigenvalue weighted by Gasteiger charge is -2.12. The Kier molecular flexibility index (Phi) is 6.00. The third-order valence-corrected chi connectivity index (χ3v) is 6.75. The average Bonchev–Trinajstić information content (AvgIpc) is 2.98. The molecule has 0 heteroatoms. The number of rotatable bonds is 5. The van der Waals surface area contributed by atoms with E-state index in [4.69, 9.17) is 0 Å². The summed E-state index contributed by atoms with van der Waals surface area (Å²) in [5.41, 5.74) is 12.4. The van der Waals surface area contributed by atoms with Gasteiger partial charge < -0.3 is 0 Å². The van der Waals surface area contributed by atoms with Crippen LogP contribution in [0.2, 0.25) is 0 Å². The molecule has 6 aromatic carbocycles. The Labute approximate surface area is 213 Å². The van der Waals surface area contributed by atoms with Gasteiger partial charge in [0.2, 0.25) is 0 Å². The summed E-state index contributed by atoms with van der Waals surface area (Å²) in [5.74, 6) is 0. The fourth-order valence-electron chi connectivity index (χ4n) is 4.89. The van der Waals surface area contributed by atoms with Gasteiger partial charge in [0.05, 0.1) is 0 Å². The topological polar surface area (TPSA) is 0 Å². The molecule has 0 aliphatic carbocycles. The first kappa shape index (κ1) is 21.8. The highest BCUT2D eigenvalue weighted by molar-refractivity contribution is 5.86. The van der Waals surface area contributed by atoms with E-state index in [1.54, 1.807) is 0 Å². The monoisotopic (exact) mass is 458 g/mol. The van der Waals surface area contributed by atoms with Crippen molar-refractivity contribution in [3.8, 4) is 55.6 Å². The second-order valence-corrected chi connectivity index (χ2v) is 8.98. The summed E-state index contributed by atoms with van der Waals surface area (Å²) in [7, 11) is 0. The molecular formula is C36H26. The Morgan fingerprint density at radius 2 is 0.389 bits per heavy atom. The average molecular weight is 459 g/mol. The minimum absolute atomic E-state index is 1.22. The van der Waals surface area contributed by atoms with Crippen LogP contribution in [0.1, 0.15) is 0 Å². The second-order valence-electron chi connectivity index (χ2n) is 8.98. The van der Waals surface area contributed by atoms with Crippen LogP contribution >= 0.6 is 0 Å². The Morgan fingerprint density at radius 1 is 0.167 bits per heavy atom. The lowest BCUT2D eigenvalue weighted by Crippen LogP contribution is -1.86. The van der Waals surface area contributed by atoms with E-state index in [-0.39, 0.29) is 0 Å². The molecule has 0 heterocycles. The summed E-state index contributed by atoms with van der Waals surface area (Å²) >= 11 is 0. The first-order valence-electron chi connectivity index (χ1n) is 12.4. The molecule has 0 atom stereocenters. The summed E-state index contributed by atoms with van der Waals surface area (Å²) < 4.78 is 0. The molecule has 6 rings (SSSR count). The number of benzene rings is 6. The highest BCUT2D eigenvalue weighted by atomic mass is 14.1. The van der Waals surface area contributed by atoms with E-state index < -0.39 is 0 Å². The van der Waals surface area contributed by atoms with Crippen LogP contribution in [-0.4, -0.2) is 0 Å². The van der Waals surface area contributed by atoms with Crippen LogP contribution in [-0.2, 0) is 0 Å². The molecule has 0 saturated heterocycles. The zero-order valence-electron chi connectivity index (χ0n) is 20.0. The summed E-state index contributed by atoms with van der Waals surface area (Å²) in [5, 5.41) is 0. The molecule has 170 valence electrons. The molecule has 0 radical (unpaired) electrons. The maximum Gasteiger partial charge on any atom is -0.0105 e. The Bertz CT molecular complexity index is 1450. The van der Waals surface area contributed by atoms with Crippen LogP contribution < -0.4 is 0 Å². The number of hydrogen-bond acceptors (Lipinski definition) is 0. The molecule has 0 saturated carbocycles. The van der Waals surface area contributed by atoms with Crippen LogP contribution in [0.25, 0.3) is 55.6 Å². The van der Waals surface area contributed by atoms with E-state index in [1.165, 1.54) is 55.6 Å². The molecule has 0 fully saturated rings. The van der Waals surface area contributed by atoms with E-state index in [0.717, 1.165) is 0 Å². The van der Waals surface area contributed by atoms with Crippen molar-refractivity contribution in [1.82, 2.24) is 0 Å². The minimum Gasteiger partial charge on any atom is -0.0622 e. The molecule has 36 heavy (non-hydrogen) atoms. The summed E-state index contributed by atoms with van der Waals surface area (Å²) in [6.07, 6.45) is 0. The van der Waals surface area contributed by atoms with Gasteiger partial charge in [-0.25, -0.2) is 0 Å². The van der Waals surface area contributed by atoms with Crippen molar-refractivity contribution in [2.24, 2.45) is 0 Å². The highest BCUT2D eigenvalue weighted by Crippen LogP contribution is 2.35. The molecule has 0 N–H and O–H groups in total. The Morgan fingerprint density at radius 3 is 0.694 bits per heavy atom. The van der Waals surface area contributed by atoms with Crippen molar-refractivity contribution in [3.05, 3.63) is 158 Å². The molecule has 0 aliphatic heterocycles. The SMILES string of the molecule is c1ccc(-c2ccccc2-c2ccc(-c3ccc(-c4ccccc4-c4ccccc4)cc3)cc2)cc1. The van der Waals surface area contributed by atoms with Gasteiger partial charge in [0.25, 0.3) is 0 Å². The largest absolute Gasteiger partial charge is 0.0622 e. The summed E-state index contributed by atoms with van der Waals surface area (Å²) in [4.78, 5) is 0. The zero-order chi connectivity index (χ0) is 24.2. The van der Waals surface area contributed by atoms with Crippen LogP contribution in [0.5, 0.6) is 0 Å². The second kappa shape index (κ2) is 9.90. The van der Waals surface area contributed by atoms with E-state index in [2.05, 4.69) is 158 Å². The predicted octanol–water partition coefficient (Wildman–Crippen LogP) is 10.0. The van der Waals surface area contributed by atoms with Gasteiger partial charge >= 0.3 is 0 Å². The lowest BCUT2D eigenvalue weighted by molar-refractivity contribution is 1.56. The highest BCUT2D eigenvalue weighted by Gasteiger charge is 2.09. The Hall–Kier alpha value is -4.68. The van der Waals surface area contributed by atoms with Crippen LogP contribution in [0.15, 0.2) is 158 Å². The van der Waals surface area contributed by atoms with Gasteiger partial charge in [-0.15, -0.1) is 0 Å². The fourth-order valence-corrected chi connectivity index (χ4v) is 4.89. The summed E-state index contributed by atoms with van der Waals surface area (Å²) in [6.45, 7) is 0. The molecular weight excluding hydrogens is 432 g/mol. The molecule has 6 aromatic rings. The van der Waals surface area contributed by atoms with Crippen molar-refractivity contribution in [1.29, 1.82) is 0 Å². The van der Waals surface area contributed by atoms with E-state index >= 15 is 0 Å².